The van der Waals surface area contributed by atoms with Crippen LogP contribution in [0.5, 0.6) is 5.75 Å². The van der Waals surface area contributed by atoms with Crippen molar-refractivity contribution >= 4 is 0 Å². The number of phenolic OH excluding ortho intramolecular Hbond substituents is 1. The number of allylic oxidation sites excluding steroid dienone is 2. The zero-order valence-electron chi connectivity index (χ0n) is 8.03. The average Bonchev–Trinajstić information content (AvgIpc) is 2.15. The lowest BCUT2D eigenvalue weighted by Gasteiger charge is -1.99. The molecular weight excluding hydrogens is 160 g/mol. The highest BCUT2D eigenvalue weighted by Crippen LogP contribution is 2.16. The van der Waals surface area contributed by atoms with Crippen LogP contribution in [-0.4, -0.2) is 5.11 Å². The molecule has 0 saturated carbocycles. The van der Waals surface area contributed by atoms with Gasteiger partial charge in [-0.05, 0) is 24.5 Å². The summed E-state index contributed by atoms with van der Waals surface area (Å²) in [4.78, 5) is 0. The van der Waals surface area contributed by atoms with Gasteiger partial charge < -0.3 is 5.11 Å². The number of unbranched alkanes of at least 4 members (excludes halogenated alkanes) is 1. The van der Waals surface area contributed by atoms with Gasteiger partial charge in [-0.15, -0.1) is 0 Å². The van der Waals surface area contributed by atoms with Gasteiger partial charge in [0.1, 0.15) is 5.75 Å². The molecule has 0 unspecified atom stereocenters. The Hall–Kier alpha value is -1.24. The van der Waals surface area contributed by atoms with Crippen LogP contribution in [0, 0.1) is 0 Å². The van der Waals surface area contributed by atoms with Crippen LogP contribution in [0.25, 0.3) is 0 Å². The number of benzene rings is 1. The van der Waals surface area contributed by atoms with Crippen LogP contribution in [0.3, 0.4) is 0 Å². The molecule has 0 amide bonds. The first-order chi connectivity index (χ1) is 6.34. The monoisotopic (exact) mass is 176 g/mol. The van der Waals surface area contributed by atoms with E-state index in [2.05, 4.69) is 19.1 Å². The topological polar surface area (TPSA) is 20.2 Å². The molecule has 0 heterocycles. The Morgan fingerprint density at radius 2 is 2.00 bits per heavy atom. The summed E-state index contributed by atoms with van der Waals surface area (Å²) in [5.74, 6) is 0.392. The van der Waals surface area contributed by atoms with Crippen LogP contribution in [0.15, 0.2) is 36.4 Å². The molecule has 1 rings (SSSR count). The van der Waals surface area contributed by atoms with Gasteiger partial charge in [0.2, 0.25) is 0 Å². The molecule has 1 nitrogen and oxygen atoms in total. The summed E-state index contributed by atoms with van der Waals surface area (Å²) in [6, 6.07) is 7.46. The first-order valence-electron chi connectivity index (χ1n) is 4.76. The molecule has 70 valence electrons. The van der Waals surface area contributed by atoms with Crippen molar-refractivity contribution in [3.05, 3.63) is 42.0 Å². The molecule has 1 N–H and O–H groups in total. The van der Waals surface area contributed by atoms with Crippen molar-refractivity contribution in [2.45, 2.75) is 26.2 Å². The van der Waals surface area contributed by atoms with Gasteiger partial charge in [0.05, 0.1) is 0 Å². The van der Waals surface area contributed by atoms with Gasteiger partial charge in [-0.3, -0.25) is 0 Å². The van der Waals surface area contributed by atoms with Gasteiger partial charge in [0.25, 0.3) is 0 Å². The van der Waals surface area contributed by atoms with Gasteiger partial charge in [-0.1, -0.05) is 43.7 Å². The summed E-state index contributed by atoms with van der Waals surface area (Å²) in [7, 11) is 0. The minimum Gasteiger partial charge on any atom is -0.508 e. The first kappa shape index (κ1) is 9.85. The van der Waals surface area contributed by atoms with E-state index >= 15 is 0 Å². The van der Waals surface area contributed by atoms with Crippen molar-refractivity contribution in [3.8, 4) is 5.75 Å². The van der Waals surface area contributed by atoms with Crippen molar-refractivity contribution in [1.29, 1.82) is 0 Å². The quantitative estimate of drug-likeness (QED) is 0.698. The van der Waals surface area contributed by atoms with E-state index < -0.39 is 0 Å². The zero-order chi connectivity index (χ0) is 9.52. The number of hydrogen-bond donors (Lipinski definition) is 1. The van der Waals surface area contributed by atoms with E-state index in [1.165, 1.54) is 6.42 Å². The number of rotatable bonds is 4. The molecule has 13 heavy (non-hydrogen) atoms. The van der Waals surface area contributed by atoms with Crippen LogP contribution >= 0.6 is 0 Å². The van der Waals surface area contributed by atoms with Crippen molar-refractivity contribution in [1.82, 2.24) is 0 Å². The fourth-order valence-electron chi connectivity index (χ4n) is 1.18. The number of aromatic hydroxyl groups is 1. The van der Waals surface area contributed by atoms with E-state index in [4.69, 9.17) is 0 Å². The Morgan fingerprint density at radius 3 is 2.69 bits per heavy atom. The summed E-state index contributed by atoms with van der Waals surface area (Å²) >= 11 is 0. The van der Waals surface area contributed by atoms with Gasteiger partial charge in [0.15, 0.2) is 0 Å². The zero-order valence-corrected chi connectivity index (χ0v) is 8.03. The number of hydrogen-bond acceptors (Lipinski definition) is 1. The molecule has 1 heteroatoms. The second kappa shape index (κ2) is 5.41. The molecule has 1 aromatic carbocycles. The van der Waals surface area contributed by atoms with E-state index in [1.54, 1.807) is 6.07 Å². The highest BCUT2D eigenvalue weighted by molar-refractivity contribution is 5.33. The molecule has 0 saturated heterocycles. The Morgan fingerprint density at radius 1 is 1.23 bits per heavy atom. The predicted octanol–water partition coefficient (Wildman–Crippen LogP) is 3.29. The summed E-state index contributed by atoms with van der Waals surface area (Å²) in [5, 5.41) is 9.43. The van der Waals surface area contributed by atoms with Crippen molar-refractivity contribution in [2.24, 2.45) is 0 Å². The standard InChI is InChI=1S/C12H16O/c1-2-3-4-5-8-11-9-6-7-10-12(11)13/h4-7,9-10,13H,2-3,8H2,1H3/b5-4+. The maximum absolute atomic E-state index is 9.43. The molecular formula is C12H16O. The molecule has 0 bridgehead atoms. The summed E-state index contributed by atoms with van der Waals surface area (Å²) in [6.07, 6.45) is 7.39. The minimum atomic E-state index is 0.392. The SMILES string of the molecule is CCC/C=C/Cc1ccccc1O. The van der Waals surface area contributed by atoms with E-state index in [0.717, 1.165) is 18.4 Å². The van der Waals surface area contributed by atoms with Gasteiger partial charge in [0, 0.05) is 0 Å². The molecule has 0 spiro atoms. The summed E-state index contributed by atoms with van der Waals surface area (Å²) in [6.45, 7) is 2.16. The molecule has 0 atom stereocenters. The summed E-state index contributed by atoms with van der Waals surface area (Å²) in [5.41, 5.74) is 0.995. The van der Waals surface area contributed by atoms with Crippen LogP contribution in [0.2, 0.25) is 0 Å². The largest absolute Gasteiger partial charge is 0.508 e. The van der Waals surface area contributed by atoms with Crippen LogP contribution in [0.4, 0.5) is 0 Å². The third-order valence-electron chi connectivity index (χ3n) is 1.95. The lowest BCUT2D eigenvalue weighted by molar-refractivity contribution is 0.469. The highest BCUT2D eigenvalue weighted by atomic mass is 16.3. The third kappa shape index (κ3) is 3.32. The van der Waals surface area contributed by atoms with E-state index in [1.807, 2.05) is 18.2 Å². The van der Waals surface area contributed by atoms with Gasteiger partial charge in [-0.2, -0.15) is 0 Å². The molecule has 0 aliphatic carbocycles. The van der Waals surface area contributed by atoms with Crippen LogP contribution < -0.4 is 0 Å². The molecule has 0 aliphatic heterocycles. The fraction of sp³-hybridized carbons (Fsp3) is 0.333. The third-order valence-corrected chi connectivity index (χ3v) is 1.95. The van der Waals surface area contributed by atoms with Crippen molar-refractivity contribution in [2.75, 3.05) is 0 Å². The molecule has 0 radical (unpaired) electrons. The molecule has 1 aromatic rings. The highest BCUT2D eigenvalue weighted by Gasteiger charge is 1.94. The van der Waals surface area contributed by atoms with E-state index in [0.29, 0.717) is 5.75 Å². The van der Waals surface area contributed by atoms with Gasteiger partial charge in [-0.25, -0.2) is 0 Å². The van der Waals surface area contributed by atoms with Crippen molar-refractivity contribution < 1.29 is 5.11 Å². The second-order valence-electron chi connectivity index (χ2n) is 3.09. The van der Waals surface area contributed by atoms with Crippen LogP contribution in [0.1, 0.15) is 25.3 Å². The smallest absolute Gasteiger partial charge is 0.119 e. The molecule has 0 aliphatic rings. The number of phenols is 1. The lowest BCUT2D eigenvalue weighted by Crippen LogP contribution is -1.80. The first-order valence-corrected chi connectivity index (χ1v) is 4.76. The number of para-hydroxylation sites is 1. The van der Waals surface area contributed by atoms with Gasteiger partial charge >= 0.3 is 0 Å². The normalized spacial score (nSPS) is 10.8. The molecule has 0 fully saturated rings. The minimum absolute atomic E-state index is 0.392. The maximum atomic E-state index is 9.43. The van der Waals surface area contributed by atoms with E-state index in [9.17, 15) is 5.11 Å². The summed E-state index contributed by atoms with van der Waals surface area (Å²) < 4.78 is 0. The fourth-order valence-corrected chi connectivity index (χ4v) is 1.18. The Labute approximate surface area is 79.7 Å². The van der Waals surface area contributed by atoms with Crippen LogP contribution in [-0.2, 0) is 6.42 Å². The Bertz CT molecular complexity index is 276. The molecule has 0 aromatic heterocycles. The lowest BCUT2D eigenvalue weighted by atomic mass is 10.1. The predicted molar refractivity (Wildman–Crippen MR) is 55.9 cm³/mol. The Kier molecular flexibility index (Phi) is 4.10. The van der Waals surface area contributed by atoms with Crippen molar-refractivity contribution in [3.63, 3.8) is 0 Å². The average molecular weight is 176 g/mol. The van der Waals surface area contributed by atoms with E-state index in [-0.39, 0.29) is 0 Å². The maximum Gasteiger partial charge on any atom is 0.119 e. The second-order valence-corrected chi connectivity index (χ2v) is 3.09. The Balaban J connectivity index is 2.49.